The van der Waals surface area contributed by atoms with Crippen molar-refractivity contribution in [3.8, 4) is 0 Å². The topological polar surface area (TPSA) is 111 Å². The first-order valence-corrected chi connectivity index (χ1v) is 13.2. The Hall–Kier alpha value is -3.79. The molecule has 0 radical (unpaired) electrons. The molecule has 1 atom stereocenters. The molecule has 1 amide bonds. The molecule has 0 saturated carbocycles. The van der Waals surface area contributed by atoms with Crippen LogP contribution in [0.1, 0.15) is 57.9 Å². The van der Waals surface area contributed by atoms with Crippen molar-refractivity contribution < 1.29 is 33.0 Å². The second-order valence-electron chi connectivity index (χ2n) is 8.66. The number of rotatable bonds is 14. The maximum Gasteiger partial charge on any atom is 0.374 e. The van der Waals surface area contributed by atoms with Crippen LogP contribution in [0.15, 0.2) is 87.9 Å². The number of aliphatic carboxylic acids is 1. The van der Waals surface area contributed by atoms with E-state index in [9.17, 15) is 22.8 Å². The first-order valence-electron chi connectivity index (χ1n) is 13.2. The summed E-state index contributed by atoms with van der Waals surface area (Å²) in [6, 6.07) is 9.48. The van der Waals surface area contributed by atoms with E-state index in [1.807, 2.05) is 37.3 Å². The standard InChI is InChI=1S/C28H32F3N3O3.C2H6O/c1-2-10-23(29)13-6-8-17-32-24-15-14-22(26(35)34-20-21-11-4-3-5-12-21)19-25(24)33-18-9-7-16-28(30,31)27(36)37;1-2-3/h3-6,10-13,15,17-19,22H,2,7-9,14,16,20H2,1H3,(H,34,35)(H,36,37);3H,2H2,1H3/b13-6-,23-10+,32-17?,33-18?;. The normalized spacial score (nSPS) is 16.1. The number of amides is 1. The van der Waals surface area contributed by atoms with E-state index in [0.29, 0.717) is 37.2 Å². The smallest absolute Gasteiger partial charge is 0.374 e. The van der Waals surface area contributed by atoms with Gasteiger partial charge in [0.2, 0.25) is 5.91 Å². The molecular weight excluding hydrogens is 523 g/mol. The van der Waals surface area contributed by atoms with Gasteiger partial charge in [-0.25, -0.2) is 9.18 Å². The van der Waals surface area contributed by atoms with Crippen molar-refractivity contribution in [3.63, 3.8) is 0 Å². The third-order valence-corrected chi connectivity index (χ3v) is 5.35. The van der Waals surface area contributed by atoms with Crippen LogP contribution in [0.3, 0.4) is 0 Å². The number of benzene rings is 1. The van der Waals surface area contributed by atoms with Crippen LogP contribution >= 0.6 is 0 Å². The Balaban J connectivity index is 0.00000254. The zero-order chi connectivity index (χ0) is 29.8. The number of aliphatic hydroxyl groups excluding tert-OH is 1. The predicted octanol–water partition coefficient (Wildman–Crippen LogP) is 6.33. The predicted molar refractivity (Wildman–Crippen MR) is 152 cm³/mol. The zero-order valence-electron chi connectivity index (χ0n) is 22.9. The second-order valence-corrected chi connectivity index (χ2v) is 8.66. The van der Waals surface area contributed by atoms with Gasteiger partial charge in [-0.15, -0.1) is 0 Å². The number of alkyl halides is 2. The summed E-state index contributed by atoms with van der Waals surface area (Å²) in [5.41, 5.74) is 1.89. The molecule has 1 aromatic rings. The fourth-order valence-electron chi connectivity index (χ4n) is 3.35. The van der Waals surface area contributed by atoms with Gasteiger partial charge in [0.05, 0.1) is 17.3 Å². The SMILES string of the molecule is CC/C=C(F)\C=C/CC=NC1=CCC(C(=O)NCc2ccccc2)C=C1N=CCCCC(F)(F)C(=O)O.CCO. The Morgan fingerprint density at radius 3 is 2.45 bits per heavy atom. The highest BCUT2D eigenvalue weighted by atomic mass is 19.3. The Kier molecular flexibility index (Phi) is 16.5. The summed E-state index contributed by atoms with van der Waals surface area (Å²) < 4.78 is 40.0. The largest absolute Gasteiger partial charge is 0.477 e. The molecule has 1 unspecified atom stereocenters. The van der Waals surface area contributed by atoms with Crippen molar-refractivity contribution >= 4 is 24.3 Å². The van der Waals surface area contributed by atoms with Gasteiger partial charge in [0.1, 0.15) is 5.83 Å². The number of nitrogens with one attached hydrogen (secondary N) is 1. The Labute approximate surface area is 233 Å². The molecule has 0 fully saturated rings. The number of hydrogen-bond acceptors (Lipinski definition) is 5. The molecule has 0 aromatic heterocycles. The van der Waals surface area contributed by atoms with Crippen LogP contribution in [0.2, 0.25) is 0 Å². The van der Waals surface area contributed by atoms with Crippen LogP contribution in [-0.4, -0.2) is 47.0 Å². The van der Waals surface area contributed by atoms with Gasteiger partial charge in [0.15, 0.2) is 0 Å². The summed E-state index contributed by atoms with van der Waals surface area (Å²) in [6.07, 6.45) is 11.6. The van der Waals surface area contributed by atoms with Crippen molar-refractivity contribution in [2.45, 2.75) is 64.8 Å². The minimum atomic E-state index is -3.78. The summed E-state index contributed by atoms with van der Waals surface area (Å²) in [5, 5.41) is 19.0. The van der Waals surface area contributed by atoms with Crippen LogP contribution in [0.4, 0.5) is 13.2 Å². The molecule has 1 aliphatic rings. The van der Waals surface area contributed by atoms with E-state index in [1.54, 1.807) is 31.4 Å². The fraction of sp³-hybridized carbons (Fsp3) is 0.400. The van der Waals surface area contributed by atoms with Gasteiger partial charge in [-0.2, -0.15) is 8.78 Å². The molecule has 1 aliphatic carbocycles. The van der Waals surface area contributed by atoms with E-state index >= 15 is 0 Å². The molecular formula is C30H38F3N3O4. The number of unbranched alkanes of at least 4 members (excludes halogenated alkanes) is 1. The van der Waals surface area contributed by atoms with E-state index in [0.717, 1.165) is 5.56 Å². The van der Waals surface area contributed by atoms with Gasteiger partial charge < -0.3 is 15.5 Å². The minimum Gasteiger partial charge on any atom is -0.477 e. The molecule has 40 heavy (non-hydrogen) atoms. The molecule has 2 rings (SSSR count). The maximum atomic E-state index is 13.4. The summed E-state index contributed by atoms with van der Waals surface area (Å²) in [7, 11) is 0. The van der Waals surface area contributed by atoms with Crippen molar-refractivity contribution in [1.29, 1.82) is 0 Å². The average molecular weight is 562 g/mol. The quantitative estimate of drug-likeness (QED) is 0.140. The van der Waals surface area contributed by atoms with E-state index in [4.69, 9.17) is 10.2 Å². The lowest BCUT2D eigenvalue weighted by Crippen LogP contribution is -2.30. The lowest BCUT2D eigenvalue weighted by molar-refractivity contribution is -0.165. The molecule has 0 saturated heterocycles. The van der Waals surface area contributed by atoms with Crippen LogP contribution in [0, 0.1) is 5.92 Å². The molecule has 0 heterocycles. The summed E-state index contributed by atoms with van der Waals surface area (Å²) in [6.45, 7) is 4.15. The number of carboxylic acid groups (broad SMARTS) is 1. The fourth-order valence-corrected chi connectivity index (χ4v) is 3.35. The lowest BCUT2D eigenvalue weighted by Gasteiger charge is -2.18. The minimum absolute atomic E-state index is 0.0684. The van der Waals surface area contributed by atoms with Crippen LogP contribution in [0.5, 0.6) is 0 Å². The number of aliphatic hydroxyl groups is 1. The third kappa shape index (κ3) is 13.8. The number of carboxylic acids is 1. The number of hydrogen-bond donors (Lipinski definition) is 3. The number of carbonyl (C=O) groups is 2. The Morgan fingerprint density at radius 1 is 1.12 bits per heavy atom. The van der Waals surface area contributed by atoms with Gasteiger partial charge in [-0.1, -0.05) is 49.4 Å². The maximum absolute atomic E-state index is 13.4. The number of aliphatic imine (C=N–C) groups is 2. The van der Waals surface area contributed by atoms with Crippen LogP contribution in [0.25, 0.3) is 0 Å². The Bertz CT molecular complexity index is 1110. The molecule has 218 valence electrons. The monoisotopic (exact) mass is 561 g/mol. The van der Waals surface area contributed by atoms with Gasteiger partial charge in [-0.05, 0) is 56.4 Å². The molecule has 1 aromatic carbocycles. The lowest BCUT2D eigenvalue weighted by atomic mass is 9.96. The Morgan fingerprint density at radius 2 is 1.80 bits per heavy atom. The van der Waals surface area contributed by atoms with E-state index in [-0.39, 0.29) is 31.2 Å². The van der Waals surface area contributed by atoms with Crippen molar-refractivity contribution in [2.24, 2.45) is 15.9 Å². The number of halogens is 3. The highest BCUT2D eigenvalue weighted by molar-refractivity contribution is 5.81. The average Bonchev–Trinajstić information content (AvgIpc) is 2.93. The zero-order valence-corrected chi connectivity index (χ0v) is 22.9. The number of nitrogens with zero attached hydrogens (tertiary/aromatic N) is 2. The van der Waals surface area contributed by atoms with Gasteiger partial charge >= 0.3 is 11.9 Å². The molecule has 0 spiro atoms. The number of allylic oxidation sites excluding steroid dienone is 5. The van der Waals surface area contributed by atoms with Gasteiger partial charge in [0.25, 0.3) is 0 Å². The first kappa shape index (κ1) is 34.2. The van der Waals surface area contributed by atoms with Crippen LogP contribution < -0.4 is 5.32 Å². The van der Waals surface area contributed by atoms with Gasteiger partial charge in [0, 0.05) is 38.4 Å². The first-order chi connectivity index (χ1) is 19.1. The molecule has 3 N–H and O–H groups in total. The van der Waals surface area contributed by atoms with Crippen molar-refractivity contribution in [3.05, 3.63) is 83.5 Å². The van der Waals surface area contributed by atoms with Crippen molar-refractivity contribution in [2.75, 3.05) is 6.61 Å². The second kappa shape index (κ2) is 19.3. The van der Waals surface area contributed by atoms with Gasteiger partial charge in [-0.3, -0.25) is 14.8 Å². The van der Waals surface area contributed by atoms with E-state index in [1.165, 1.54) is 18.4 Å². The third-order valence-electron chi connectivity index (χ3n) is 5.35. The molecule has 10 heteroatoms. The molecule has 7 nitrogen and oxygen atoms in total. The van der Waals surface area contributed by atoms with E-state index < -0.39 is 24.2 Å². The summed E-state index contributed by atoms with van der Waals surface area (Å²) in [4.78, 5) is 32.0. The highest BCUT2D eigenvalue weighted by Crippen LogP contribution is 2.26. The van der Waals surface area contributed by atoms with Crippen molar-refractivity contribution in [1.82, 2.24) is 5.32 Å². The summed E-state index contributed by atoms with van der Waals surface area (Å²) in [5.74, 6) is -6.93. The van der Waals surface area contributed by atoms with Crippen LogP contribution in [-0.2, 0) is 16.1 Å². The van der Waals surface area contributed by atoms with E-state index in [2.05, 4.69) is 15.3 Å². The molecule has 0 aliphatic heterocycles. The molecule has 0 bridgehead atoms. The number of carbonyl (C=O) groups excluding carboxylic acids is 1. The summed E-state index contributed by atoms with van der Waals surface area (Å²) >= 11 is 0. The highest BCUT2D eigenvalue weighted by Gasteiger charge is 2.37.